The average Bonchev–Trinajstić information content (AvgIpc) is 2.51. The number of carbonyl (C=O) groups excluding carboxylic acids is 1. The molecule has 110 valence electrons. The number of nitrogens with zero attached hydrogens (tertiary/aromatic N) is 1. The third kappa shape index (κ3) is 2.46. The highest BCUT2D eigenvalue weighted by Gasteiger charge is 2.15. The van der Waals surface area contributed by atoms with Gasteiger partial charge < -0.3 is 5.32 Å². The van der Waals surface area contributed by atoms with Crippen LogP contribution in [0.15, 0.2) is 47.3 Å². The Kier molecular flexibility index (Phi) is 3.42. The SMILES string of the molecule is Cc1ccc(F)c(NC(=O)c2n[nH]c(=O)c3ccccc23)c1. The molecular formula is C16H12FN3O2. The van der Waals surface area contributed by atoms with E-state index in [1.54, 1.807) is 37.3 Å². The standard InChI is InChI=1S/C16H12FN3O2/c1-9-6-7-12(17)13(8-9)18-16(22)14-10-4-2-3-5-11(10)15(21)20-19-14/h2-8H,1H3,(H,18,22)(H,20,21). The molecule has 0 aliphatic rings. The number of fused-ring (bicyclic) bond motifs is 1. The number of H-pyrrole nitrogens is 1. The number of nitrogens with one attached hydrogen (secondary N) is 2. The zero-order valence-corrected chi connectivity index (χ0v) is 11.7. The fourth-order valence-corrected chi connectivity index (χ4v) is 2.20. The number of rotatable bonds is 2. The molecule has 0 saturated carbocycles. The molecule has 22 heavy (non-hydrogen) atoms. The van der Waals surface area contributed by atoms with Crippen molar-refractivity contribution in [3.63, 3.8) is 0 Å². The first-order valence-electron chi connectivity index (χ1n) is 6.61. The van der Waals surface area contributed by atoms with Gasteiger partial charge in [-0.05, 0) is 30.7 Å². The zero-order chi connectivity index (χ0) is 15.7. The van der Waals surface area contributed by atoms with E-state index in [4.69, 9.17) is 0 Å². The maximum atomic E-state index is 13.7. The lowest BCUT2D eigenvalue weighted by molar-refractivity contribution is 0.102. The van der Waals surface area contributed by atoms with Crippen LogP contribution in [-0.2, 0) is 0 Å². The molecule has 1 aromatic heterocycles. The van der Waals surface area contributed by atoms with E-state index >= 15 is 0 Å². The normalized spacial score (nSPS) is 10.6. The Morgan fingerprint density at radius 3 is 2.68 bits per heavy atom. The van der Waals surface area contributed by atoms with Gasteiger partial charge in [0.1, 0.15) is 5.82 Å². The van der Waals surface area contributed by atoms with E-state index in [1.165, 1.54) is 12.1 Å². The molecule has 0 bridgehead atoms. The second-order valence-electron chi connectivity index (χ2n) is 4.88. The number of amides is 1. The molecule has 3 rings (SSSR count). The monoisotopic (exact) mass is 297 g/mol. The quantitative estimate of drug-likeness (QED) is 0.763. The Hall–Kier alpha value is -3.02. The maximum absolute atomic E-state index is 13.7. The molecule has 2 aromatic carbocycles. The summed E-state index contributed by atoms with van der Waals surface area (Å²) in [6.45, 7) is 1.79. The van der Waals surface area contributed by atoms with Gasteiger partial charge in [-0.3, -0.25) is 9.59 Å². The fourth-order valence-electron chi connectivity index (χ4n) is 2.20. The van der Waals surface area contributed by atoms with E-state index in [1.807, 2.05) is 0 Å². The minimum absolute atomic E-state index is 0.0381. The van der Waals surface area contributed by atoms with Crippen molar-refractivity contribution >= 4 is 22.4 Å². The first-order valence-corrected chi connectivity index (χ1v) is 6.61. The molecule has 0 aliphatic carbocycles. The van der Waals surface area contributed by atoms with E-state index in [0.717, 1.165) is 5.56 Å². The van der Waals surface area contributed by atoms with Crippen LogP contribution in [0.4, 0.5) is 10.1 Å². The smallest absolute Gasteiger partial charge is 0.276 e. The van der Waals surface area contributed by atoms with Crippen molar-refractivity contribution in [2.75, 3.05) is 5.32 Å². The van der Waals surface area contributed by atoms with Crippen molar-refractivity contribution in [1.29, 1.82) is 0 Å². The lowest BCUT2D eigenvalue weighted by Gasteiger charge is -2.08. The molecule has 0 atom stereocenters. The molecular weight excluding hydrogens is 285 g/mol. The summed E-state index contributed by atoms with van der Waals surface area (Å²) in [6.07, 6.45) is 0. The van der Waals surface area contributed by atoms with E-state index < -0.39 is 11.7 Å². The largest absolute Gasteiger partial charge is 0.318 e. The number of hydrogen-bond acceptors (Lipinski definition) is 3. The summed E-state index contributed by atoms with van der Waals surface area (Å²) in [5, 5.41) is 9.31. The minimum Gasteiger partial charge on any atom is -0.318 e. The first-order chi connectivity index (χ1) is 10.6. The number of carbonyl (C=O) groups is 1. The van der Waals surface area contributed by atoms with Crippen LogP contribution in [0.3, 0.4) is 0 Å². The van der Waals surface area contributed by atoms with Crippen LogP contribution in [0.2, 0.25) is 0 Å². The van der Waals surface area contributed by atoms with Crippen molar-refractivity contribution in [2.45, 2.75) is 6.92 Å². The van der Waals surface area contributed by atoms with Gasteiger partial charge in [0.2, 0.25) is 0 Å². The van der Waals surface area contributed by atoms with Gasteiger partial charge in [0, 0.05) is 5.39 Å². The molecule has 0 saturated heterocycles. The number of halogens is 1. The Balaban J connectivity index is 2.05. The number of aromatic amines is 1. The van der Waals surface area contributed by atoms with Gasteiger partial charge in [0.05, 0.1) is 11.1 Å². The van der Waals surface area contributed by atoms with Crippen LogP contribution < -0.4 is 10.9 Å². The number of anilines is 1. The average molecular weight is 297 g/mol. The fraction of sp³-hybridized carbons (Fsp3) is 0.0625. The predicted octanol–water partition coefficient (Wildman–Crippen LogP) is 2.62. The second kappa shape index (κ2) is 5.40. The topological polar surface area (TPSA) is 74.8 Å². The molecule has 0 spiro atoms. The first kappa shape index (κ1) is 13.9. The summed E-state index contributed by atoms with van der Waals surface area (Å²) in [7, 11) is 0. The molecule has 0 unspecified atom stereocenters. The summed E-state index contributed by atoms with van der Waals surface area (Å²) in [6, 6.07) is 11.0. The van der Waals surface area contributed by atoms with Crippen molar-refractivity contribution in [1.82, 2.24) is 10.2 Å². The minimum atomic E-state index is -0.586. The second-order valence-corrected chi connectivity index (χ2v) is 4.88. The number of aryl methyl sites for hydroxylation is 1. The van der Waals surface area contributed by atoms with Gasteiger partial charge in [-0.2, -0.15) is 5.10 Å². The van der Waals surface area contributed by atoms with Gasteiger partial charge in [0.25, 0.3) is 11.5 Å². The molecule has 2 N–H and O–H groups in total. The highest BCUT2D eigenvalue weighted by molar-refractivity contribution is 6.11. The van der Waals surface area contributed by atoms with Gasteiger partial charge in [-0.15, -0.1) is 0 Å². The van der Waals surface area contributed by atoms with Gasteiger partial charge >= 0.3 is 0 Å². The van der Waals surface area contributed by atoms with E-state index in [2.05, 4.69) is 15.5 Å². The third-order valence-electron chi connectivity index (χ3n) is 3.28. The van der Waals surface area contributed by atoms with Crippen LogP contribution in [0.5, 0.6) is 0 Å². The van der Waals surface area contributed by atoms with Crippen molar-refractivity contribution in [3.8, 4) is 0 Å². The summed E-state index contributed by atoms with van der Waals surface area (Å²) in [4.78, 5) is 24.0. The summed E-state index contributed by atoms with van der Waals surface area (Å²) >= 11 is 0. The lowest BCUT2D eigenvalue weighted by atomic mass is 10.1. The van der Waals surface area contributed by atoms with Gasteiger partial charge in [-0.1, -0.05) is 24.3 Å². The molecule has 1 amide bonds. The number of benzene rings is 2. The van der Waals surface area contributed by atoms with Crippen LogP contribution in [-0.4, -0.2) is 16.1 Å². The third-order valence-corrected chi connectivity index (χ3v) is 3.28. The summed E-state index contributed by atoms with van der Waals surface area (Å²) < 4.78 is 13.7. The van der Waals surface area contributed by atoms with Gasteiger partial charge in [0.15, 0.2) is 5.69 Å². The predicted molar refractivity (Wildman–Crippen MR) is 81.5 cm³/mol. The molecule has 5 nitrogen and oxygen atoms in total. The summed E-state index contributed by atoms with van der Waals surface area (Å²) in [5.74, 6) is -1.12. The number of aromatic nitrogens is 2. The molecule has 0 aliphatic heterocycles. The Bertz CT molecular complexity index is 934. The van der Waals surface area contributed by atoms with Crippen LogP contribution >= 0.6 is 0 Å². The summed E-state index contributed by atoms with van der Waals surface area (Å²) in [5.41, 5.74) is 0.544. The Morgan fingerprint density at radius 2 is 1.91 bits per heavy atom. The highest BCUT2D eigenvalue weighted by Crippen LogP contribution is 2.18. The molecule has 3 aromatic rings. The zero-order valence-electron chi connectivity index (χ0n) is 11.7. The Morgan fingerprint density at radius 1 is 1.18 bits per heavy atom. The van der Waals surface area contributed by atoms with Gasteiger partial charge in [-0.25, -0.2) is 9.49 Å². The molecule has 0 fully saturated rings. The highest BCUT2D eigenvalue weighted by atomic mass is 19.1. The van der Waals surface area contributed by atoms with Crippen LogP contribution in [0, 0.1) is 12.7 Å². The maximum Gasteiger partial charge on any atom is 0.276 e. The van der Waals surface area contributed by atoms with E-state index in [0.29, 0.717) is 10.8 Å². The van der Waals surface area contributed by atoms with Crippen LogP contribution in [0.25, 0.3) is 10.8 Å². The lowest BCUT2D eigenvalue weighted by Crippen LogP contribution is -2.19. The number of hydrogen-bond donors (Lipinski definition) is 2. The molecule has 0 radical (unpaired) electrons. The van der Waals surface area contributed by atoms with E-state index in [9.17, 15) is 14.0 Å². The Labute approximate surface area is 124 Å². The van der Waals surface area contributed by atoms with Crippen LogP contribution in [0.1, 0.15) is 16.1 Å². The van der Waals surface area contributed by atoms with Crippen molar-refractivity contribution < 1.29 is 9.18 Å². The van der Waals surface area contributed by atoms with Crippen molar-refractivity contribution in [3.05, 3.63) is 69.9 Å². The molecule has 1 heterocycles. The van der Waals surface area contributed by atoms with Crippen molar-refractivity contribution in [2.24, 2.45) is 0 Å². The molecule has 6 heteroatoms. The van der Waals surface area contributed by atoms with E-state index in [-0.39, 0.29) is 16.9 Å².